The average molecular weight is 281 g/mol. The molecule has 1 aromatic carbocycles. The number of benzene rings is 1. The van der Waals surface area contributed by atoms with Crippen LogP contribution in [0.25, 0.3) is 0 Å². The Hall–Kier alpha value is -0.750. The minimum Gasteiger partial charge on any atom is -0.115 e. The SMILES string of the molecule is C#Cc1cc(I)cc([C](C)C=C)c1. The Kier molecular flexibility index (Phi) is 3.56. The van der Waals surface area contributed by atoms with Gasteiger partial charge in [-0.2, -0.15) is 0 Å². The molecule has 0 N–H and O–H groups in total. The summed E-state index contributed by atoms with van der Waals surface area (Å²) in [6.07, 6.45) is 7.18. The van der Waals surface area contributed by atoms with Crippen LogP contribution >= 0.6 is 22.6 Å². The average Bonchev–Trinajstić information content (AvgIpc) is 2.15. The van der Waals surface area contributed by atoms with Gasteiger partial charge in [0.05, 0.1) is 0 Å². The van der Waals surface area contributed by atoms with Crippen LogP contribution in [-0.2, 0) is 0 Å². The molecule has 1 heteroatoms. The Labute approximate surface area is 93.2 Å². The third-order valence-electron chi connectivity index (χ3n) is 1.83. The quantitative estimate of drug-likeness (QED) is 0.575. The van der Waals surface area contributed by atoms with Crippen LogP contribution in [-0.4, -0.2) is 0 Å². The summed E-state index contributed by atoms with van der Waals surface area (Å²) in [6, 6.07) is 6.08. The molecule has 0 unspecified atom stereocenters. The first-order chi connectivity index (χ1) is 6.17. The van der Waals surface area contributed by atoms with Crippen molar-refractivity contribution in [1.82, 2.24) is 0 Å². The second-order valence-corrected chi connectivity index (χ2v) is 4.01. The second kappa shape index (κ2) is 4.48. The molecular formula is C12H10I. The van der Waals surface area contributed by atoms with E-state index in [4.69, 9.17) is 6.42 Å². The third-order valence-corrected chi connectivity index (χ3v) is 2.45. The molecule has 1 rings (SSSR count). The molecule has 0 atom stereocenters. The van der Waals surface area contributed by atoms with E-state index in [1.54, 1.807) is 0 Å². The first-order valence-electron chi connectivity index (χ1n) is 3.91. The highest BCUT2D eigenvalue weighted by Crippen LogP contribution is 2.19. The van der Waals surface area contributed by atoms with Gasteiger partial charge in [0.25, 0.3) is 0 Å². The summed E-state index contributed by atoms with van der Waals surface area (Å²) < 4.78 is 1.16. The predicted molar refractivity (Wildman–Crippen MR) is 65.3 cm³/mol. The van der Waals surface area contributed by atoms with Crippen molar-refractivity contribution in [2.24, 2.45) is 0 Å². The molecule has 0 spiro atoms. The summed E-state index contributed by atoms with van der Waals surface area (Å²) in [5.41, 5.74) is 2.07. The van der Waals surface area contributed by atoms with Crippen molar-refractivity contribution in [1.29, 1.82) is 0 Å². The van der Waals surface area contributed by atoms with Gasteiger partial charge in [-0.1, -0.05) is 18.9 Å². The zero-order chi connectivity index (χ0) is 9.84. The molecule has 0 aliphatic carbocycles. The first kappa shape index (κ1) is 10.3. The van der Waals surface area contributed by atoms with Crippen LogP contribution in [0, 0.1) is 21.8 Å². The van der Waals surface area contributed by atoms with Crippen LogP contribution in [0.4, 0.5) is 0 Å². The zero-order valence-corrected chi connectivity index (χ0v) is 9.63. The molecule has 0 heterocycles. The molecular weight excluding hydrogens is 271 g/mol. The van der Waals surface area contributed by atoms with Gasteiger partial charge >= 0.3 is 0 Å². The van der Waals surface area contributed by atoms with Crippen molar-refractivity contribution < 1.29 is 0 Å². The van der Waals surface area contributed by atoms with E-state index in [0.29, 0.717) is 0 Å². The fourth-order valence-corrected chi connectivity index (χ4v) is 1.69. The fourth-order valence-electron chi connectivity index (χ4n) is 1.02. The number of terminal acetylenes is 1. The molecule has 0 bridgehead atoms. The van der Waals surface area contributed by atoms with Crippen LogP contribution in [0.2, 0.25) is 0 Å². The summed E-state index contributed by atoms with van der Waals surface area (Å²) in [6.45, 7) is 5.76. The molecule has 1 radical (unpaired) electrons. The Morgan fingerprint density at radius 2 is 2.23 bits per heavy atom. The molecule has 65 valence electrons. The summed E-state index contributed by atoms with van der Waals surface area (Å²) >= 11 is 2.26. The lowest BCUT2D eigenvalue weighted by Gasteiger charge is -2.06. The maximum Gasteiger partial charge on any atom is 0.0256 e. The topological polar surface area (TPSA) is 0 Å². The number of halogens is 1. The Morgan fingerprint density at radius 3 is 2.77 bits per heavy atom. The number of rotatable bonds is 2. The van der Waals surface area contributed by atoms with E-state index < -0.39 is 0 Å². The normalized spacial score (nSPS) is 9.69. The minimum atomic E-state index is 0.920. The van der Waals surface area contributed by atoms with E-state index >= 15 is 0 Å². The molecule has 0 fully saturated rings. The summed E-state index contributed by atoms with van der Waals surface area (Å²) in [7, 11) is 0. The first-order valence-corrected chi connectivity index (χ1v) is 4.99. The summed E-state index contributed by atoms with van der Waals surface area (Å²) in [5, 5.41) is 0. The van der Waals surface area contributed by atoms with Gasteiger partial charge in [-0.05, 0) is 46.4 Å². The second-order valence-electron chi connectivity index (χ2n) is 2.76. The summed E-state index contributed by atoms with van der Waals surface area (Å²) in [5.74, 6) is 3.78. The maximum atomic E-state index is 5.34. The zero-order valence-electron chi connectivity index (χ0n) is 7.47. The Bertz CT molecular complexity index is 358. The Morgan fingerprint density at radius 1 is 1.54 bits per heavy atom. The third kappa shape index (κ3) is 2.60. The van der Waals surface area contributed by atoms with Crippen molar-refractivity contribution in [3.63, 3.8) is 0 Å². The van der Waals surface area contributed by atoms with Gasteiger partial charge in [-0.3, -0.25) is 0 Å². The van der Waals surface area contributed by atoms with Crippen LogP contribution in [0.15, 0.2) is 30.9 Å². The Balaban J connectivity index is 3.17. The van der Waals surface area contributed by atoms with Crippen molar-refractivity contribution >= 4 is 22.6 Å². The van der Waals surface area contributed by atoms with Gasteiger partial charge in [0, 0.05) is 15.1 Å². The van der Waals surface area contributed by atoms with E-state index in [1.165, 1.54) is 0 Å². The van der Waals surface area contributed by atoms with E-state index in [2.05, 4.69) is 41.2 Å². The highest BCUT2D eigenvalue weighted by Gasteiger charge is 2.03. The van der Waals surface area contributed by atoms with Crippen LogP contribution in [0.5, 0.6) is 0 Å². The maximum absolute atomic E-state index is 5.34. The van der Waals surface area contributed by atoms with Crippen molar-refractivity contribution in [3.05, 3.63) is 51.5 Å². The van der Waals surface area contributed by atoms with Gasteiger partial charge in [-0.25, -0.2) is 0 Å². The van der Waals surface area contributed by atoms with Crippen LogP contribution in [0.3, 0.4) is 0 Å². The number of hydrogen-bond acceptors (Lipinski definition) is 0. The lowest BCUT2D eigenvalue weighted by atomic mass is 9.99. The molecule has 0 saturated carbocycles. The summed E-state index contributed by atoms with van der Waals surface area (Å²) in [4.78, 5) is 0. The van der Waals surface area contributed by atoms with E-state index in [1.807, 2.05) is 25.1 Å². The van der Waals surface area contributed by atoms with E-state index in [9.17, 15) is 0 Å². The predicted octanol–water partition coefficient (Wildman–Crippen LogP) is 3.40. The lowest BCUT2D eigenvalue weighted by Crippen LogP contribution is -1.91. The molecule has 13 heavy (non-hydrogen) atoms. The highest BCUT2D eigenvalue weighted by molar-refractivity contribution is 14.1. The smallest absolute Gasteiger partial charge is 0.0256 e. The van der Waals surface area contributed by atoms with Crippen LogP contribution < -0.4 is 0 Å². The standard InChI is InChI=1S/C12H10I/c1-4-9(3)11-6-10(5-2)7-12(13)8-11/h2,4,6-8H,1H2,3H3. The van der Waals surface area contributed by atoms with Gasteiger partial charge in [0.1, 0.15) is 0 Å². The van der Waals surface area contributed by atoms with Crippen LogP contribution in [0.1, 0.15) is 18.1 Å². The minimum absolute atomic E-state index is 0.920. The monoisotopic (exact) mass is 281 g/mol. The molecule has 0 nitrogen and oxygen atoms in total. The lowest BCUT2D eigenvalue weighted by molar-refractivity contribution is 1.25. The van der Waals surface area contributed by atoms with E-state index in [0.717, 1.165) is 20.6 Å². The molecule has 0 amide bonds. The number of allylic oxidation sites excluding steroid dienone is 1. The largest absolute Gasteiger partial charge is 0.115 e. The highest BCUT2D eigenvalue weighted by atomic mass is 127. The molecule has 1 aromatic rings. The van der Waals surface area contributed by atoms with E-state index in [-0.39, 0.29) is 0 Å². The van der Waals surface area contributed by atoms with Gasteiger partial charge in [-0.15, -0.1) is 13.0 Å². The molecule has 0 saturated heterocycles. The van der Waals surface area contributed by atoms with Crippen molar-refractivity contribution in [2.45, 2.75) is 6.92 Å². The van der Waals surface area contributed by atoms with Gasteiger partial charge in [0.2, 0.25) is 0 Å². The van der Waals surface area contributed by atoms with Crippen molar-refractivity contribution in [2.75, 3.05) is 0 Å². The van der Waals surface area contributed by atoms with Crippen molar-refractivity contribution in [3.8, 4) is 12.3 Å². The number of hydrogen-bond donors (Lipinski definition) is 0. The fraction of sp³-hybridized carbons (Fsp3) is 0.0833. The van der Waals surface area contributed by atoms with Gasteiger partial charge < -0.3 is 0 Å². The molecule has 0 aromatic heterocycles. The molecule has 0 aliphatic heterocycles. The van der Waals surface area contributed by atoms with Gasteiger partial charge in [0.15, 0.2) is 0 Å². The molecule has 0 aliphatic rings.